The first kappa shape index (κ1) is 11.0. The van der Waals surface area contributed by atoms with E-state index in [0.29, 0.717) is 5.92 Å². The summed E-state index contributed by atoms with van der Waals surface area (Å²) in [6.07, 6.45) is 2.58. The van der Waals surface area contributed by atoms with E-state index >= 15 is 0 Å². The van der Waals surface area contributed by atoms with Gasteiger partial charge in [-0.2, -0.15) is 0 Å². The minimum atomic E-state index is -3.58. The predicted octanol–water partition coefficient (Wildman–Crippen LogP) is 3.13. The van der Waals surface area contributed by atoms with Crippen LogP contribution in [-0.4, -0.2) is 8.42 Å². The van der Waals surface area contributed by atoms with E-state index < -0.39 is 9.05 Å². The molecule has 2 nitrogen and oxygen atoms in total. The van der Waals surface area contributed by atoms with Gasteiger partial charge in [-0.25, -0.2) is 8.42 Å². The van der Waals surface area contributed by atoms with E-state index in [0.717, 1.165) is 5.92 Å². The van der Waals surface area contributed by atoms with Crippen molar-refractivity contribution in [2.75, 3.05) is 0 Å². The lowest BCUT2D eigenvalue weighted by Gasteiger charge is -2.10. The van der Waals surface area contributed by atoms with Crippen molar-refractivity contribution in [2.24, 2.45) is 5.92 Å². The molecule has 15 heavy (non-hydrogen) atoms. The summed E-state index contributed by atoms with van der Waals surface area (Å²) in [7, 11) is 1.66. The Kier molecular flexibility index (Phi) is 2.77. The maximum Gasteiger partial charge on any atom is 0.261 e. The third-order valence-corrected chi connectivity index (χ3v) is 4.39. The first-order chi connectivity index (χ1) is 6.98. The average Bonchev–Trinajstić information content (AvgIpc) is 2.99. The molecule has 2 rings (SSSR count). The van der Waals surface area contributed by atoms with Crippen molar-refractivity contribution < 1.29 is 8.42 Å². The largest absolute Gasteiger partial charge is 0.261 e. The van der Waals surface area contributed by atoms with Crippen LogP contribution in [-0.2, 0) is 9.05 Å². The lowest BCUT2D eigenvalue weighted by molar-refractivity contribution is 0.609. The molecule has 0 spiro atoms. The number of hydrogen-bond donors (Lipinski definition) is 0. The first-order valence-electron chi connectivity index (χ1n) is 5.03. The molecule has 0 heterocycles. The van der Waals surface area contributed by atoms with Crippen LogP contribution in [0.3, 0.4) is 0 Å². The molecule has 4 heteroatoms. The van der Waals surface area contributed by atoms with E-state index in [1.807, 2.05) is 12.1 Å². The summed E-state index contributed by atoms with van der Waals surface area (Å²) in [6, 6.07) is 6.88. The van der Waals surface area contributed by atoms with Crippen LogP contribution in [0.25, 0.3) is 0 Å². The highest BCUT2D eigenvalue weighted by molar-refractivity contribution is 8.13. The van der Waals surface area contributed by atoms with Crippen LogP contribution in [0, 0.1) is 5.92 Å². The molecule has 0 bridgehead atoms. The van der Waals surface area contributed by atoms with Gasteiger partial charge >= 0.3 is 0 Å². The van der Waals surface area contributed by atoms with E-state index in [-0.39, 0.29) is 4.90 Å². The topological polar surface area (TPSA) is 34.1 Å². The van der Waals surface area contributed by atoms with Gasteiger partial charge in [-0.3, -0.25) is 0 Å². The molecule has 0 N–H and O–H groups in total. The minimum Gasteiger partial charge on any atom is -0.207 e. The van der Waals surface area contributed by atoms with E-state index in [4.69, 9.17) is 10.7 Å². The Labute approximate surface area is 94.7 Å². The zero-order valence-electron chi connectivity index (χ0n) is 8.48. The molecule has 1 unspecified atom stereocenters. The van der Waals surface area contributed by atoms with Crippen molar-refractivity contribution in [3.05, 3.63) is 29.8 Å². The summed E-state index contributed by atoms with van der Waals surface area (Å²) in [4.78, 5) is 0.177. The van der Waals surface area contributed by atoms with Crippen molar-refractivity contribution in [1.82, 2.24) is 0 Å². The van der Waals surface area contributed by atoms with Gasteiger partial charge in [0.05, 0.1) is 4.90 Å². The van der Waals surface area contributed by atoms with Gasteiger partial charge < -0.3 is 0 Å². The van der Waals surface area contributed by atoms with Crippen LogP contribution in [0.5, 0.6) is 0 Å². The summed E-state index contributed by atoms with van der Waals surface area (Å²) >= 11 is 0. The summed E-state index contributed by atoms with van der Waals surface area (Å²) in [6.45, 7) is 2.18. The van der Waals surface area contributed by atoms with Gasteiger partial charge in [0.25, 0.3) is 9.05 Å². The van der Waals surface area contributed by atoms with Gasteiger partial charge in [0.1, 0.15) is 0 Å². The van der Waals surface area contributed by atoms with Gasteiger partial charge in [0.15, 0.2) is 0 Å². The molecule has 1 saturated carbocycles. The van der Waals surface area contributed by atoms with E-state index in [9.17, 15) is 8.42 Å². The molecule has 0 saturated heterocycles. The molecule has 82 valence electrons. The highest BCUT2D eigenvalue weighted by Gasteiger charge is 2.28. The van der Waals surface area contributed by atoms with Crippen molar-refractivity contribution in [1.29, 1.82) is 0 Å². The number of hydrogen-bond acceptors (Lipinski definition) is 2. The fourth-order valence-electron chi connectivity index (χ4n) is 1.80. The second-order valence-electron chi connectivity index (χ2n) is 4.13. The normalized spacial score (nSPS) is 18.8. The maximum absolute atomic E-state index is 11.0. The van der Waals surface area contributed by atoms with Crippen LogP contribution < -0.4 is 0 Å². The maximum atomic E-state index is 11.0. The Balaban J connectivity index is 2.23. The van der Waals surface area contributed by atoms with Crippen molar-refractivity contribution in [2.45, 2.75) is 30.6 Å². The molecule has 1 atom stereocenters. The highest BCUT2D eigenvalue weighted by atomic mass is 35.7. The standard InChI is InChI=1S/C11H13ClO2S/c1-8(9-2-3-9)10-4-6-11(7-5-10)15(12,13)14/h4-9H,2-3H2,1H3. The molecule has 0 radical (unpaired) electrons. The molecule has 1 aliphatic rings. The van der Waals surface area contributed by atoms with Crippen molar-refractivity contribution in [3.8, 4) is 0 Å². The van der Waals surface area contributed by atoms with Gasteiger partial charge in [-0.15, -0.1) is 0 Å². The average molecular weight is 245 g/mol. The van der Waals surface area contributed by atoms with E-state index in [2.05, 4.69) is 6.92 Å². The van der Waals surface area contributed by atoms with Crippen LogP contribution in [0.4, 0.5) is 0 Å². The van der Waals surface area contributed by atoms with Gasteiger partial charge in [0, 0.05) is 10.7 Å². The minimum absolute atomic E-state index is 0.177. The Morgan fingerprint density at radius 1 is 1.27 bits per heavy atom. The van der Waals surface area contributed by atoms with Crippen molar-refractivity contribution in [3.63, 3.8) is 0 Å². The lowest BCUT2D eigenvalue weighted by Crippen LogP contribution is -1.97. The van der Waals surface area contributed by atoms with Crippen molar-refractivity contribution >= 4 is 19.7 Å². The molecular formula is C11H13ClO2S. The zero-order valence-corrected chi connectivity index (χ0v) is 10.1. The predicted molar refractivity (Wildman–Crippen MR) is 60.6 cm³/mol. The molecule has 1 aliphatic carbocycles. The smallest absolute Gasteiger partial charge is 0.207 e. The number of benzene rings is 1. The number of halogens is 1. The quantitative estimate of drug-likeness (QED) is 0.766. The third kappa shape index (κ3) is 2.52. The Morgan fingerprint density at radius 2 is 1.80 bits per heavy atom. The fourth-order valence-corrected chi connectivity index (χ4v) is 2.57. The Hall–Kier alpha value is -0.540. The molecule has 1 aromatic rings. The number of rotatable bonds is 3. The van der Waals surface area contributed by atoms with Gasteiger partial charge in [-0.1, -0.05) is 19.1 Å². The summed E-state index contributed by atoms with van der Waals surface area (Å²) < 4.78 is 22.1. The monoisotopic (exact) mass is 244 g/mol. The van der Waals surface area contributed by atoms with Gasteiger partial charge in [0.2, 0.25) is 0 Å². The van der Waals surface area contributed by atoms with Crippen LogP contribution in [0.2, 0.25) is 0 Å². The van der Waals surface area contributed by atoms with E-state index in [1.165, 1.54) is 18.4 Å². The second kappa shape index (κ2) is 3.80. The summed E-state index contributed by atoms with van der Waals surface area (Å²) in [5.74, 6) is 1.31. The van der Waals surface area contributed by atoms with Crippen LogP contribution >= 0.6 is 10.7 Å². The first-order valence-corrected chi connectivity index (χ1v) is 7.34. The van der Waals surface area contributed by atoms with E-state index in [1.54, 1.807) is 12.1 Å². The van der Waals surface area contributed by atoms with Crippen LogP contribution in [0.1, 0.15) is 31.2 Å². The SMILES string of the molecule is CC(c1ccc(S(=O)(=O)Cl)cc1)C1CC1. The zero-order chi connectivity index (χ0) is 11.1. The lowest BCUT2D eigenvalue weighted by atomic mass is 9.97. The summed E-state index contributed by atoms with van der Waals surface area (Å²) in [5, 5.41) is 0. The Morgan fingerprint density at radius 3 is 2.20 bits per heavy atom. The van der Waals surface area contributed by atoms with Crippen LogP contribution in [0.15, 0.2) is 29.2 Å². The molecule has 1 fully saturated rings. The fraction of sp³-hybridized carbons (Fsp3) is 0.455. The van der Waals surface area contributed by atoms with Gasteiger partial charge in [-0.05, 0) is 42.4 Å². The second-order valence-corrected chi connectivity index (χ2v) is 6.70. The third-order valence-electron chi connectivity index (χ3n) is 3.02. The molecule has 0 amide bonds. The molecule has 0 aromatic heterocycles. The molecule has 0 aliphatic heterocycles. The molecular weight excluding hydrogens is 232 g/mol. The Bertz CT molecular complexity index is 446. The molecule has 1 aromatic carbocycles. The summed E-state index contributed by atoms with van der Waals surface area (Å²) in [5.41, 5.74) is 1.20. The highest BCUT2D eigenvalue weighted by Crippen LogP contribution is 2.42.